The van der Waals surface area contributed by atoms with E-state index < -0.39 is 17.2 Å². The van der Waals surface area contributed by atoms with E-state index in [1.54, 1.807) is 7.05 Å². The Kier molecular flexibility index (Phi) is 7.51. The summed E-state index contributed by atoms with van der Waals surface area (Å²) >= 11 is 0. The lowest BCUT2D eigenvalue weighted by Crippen LogP contribution is -2.54. The van der Waals surface area contributed by atoms with Crippen molar-refractivity contribution in [2.45, 2.75) is 58.6 Å². The average molecular weight is 355 g/mol. The molecule has 4 N–H and O–H groups in total. The molecule has 1 fully saturated rings. The number of aliphatic imine (C=N–C) groups is 1. The predicted molar refractivity (Wildman–Crippen MR) is 98.5 cm³/mol. The molecule has 0 spiro atoms. The fraction of sp³-hybridized carbons (Fsp3) is 0.824. The maximum absolute atomic E-state index is 11.9. The van der Waals surface area contributed by atoms with Crippen molar-refractivity contribution in [2.24, 2.45) is 10.9 Å². The van der Waals surface area contributed by atoms with Gasteiger partial charge in [0.05, 0.1) is 5.54 Å². The lowest BCUT2D eigenvalue weighted by Gasteiger charge is -2.29. The summed E-state index contributed by atoms with van der Waals surface area (Å²) in [6, 6.07) is 0. The molecule has 8 nitrogen and oxygen atoms in total. The van der Waals surface area contributed by atoms with E-state index in [1.807, 2.05) is 34.6 Å². The van der Waals surface area contributed by atoms with Gasteiger partial charge in [-0.2, -0.15) is 0 Å². The van der Waals surface area contributed by atoms with Gasteiger partial charge in [0, 0.05) is 32.6 Å². The molecular formula is C17H33N5O3. The molecule has 0 heterocycles. The van der Waals surface area contributed by atoms with Crippen LogP contribution in [-0.2, 0) is 9.53 Å². The highest BCUT2D eigenvalue weighted by Crippen LogP contribution is 2.28. The number of hydrogen-bond acceptors (Lipinski definition) is 4. The van der Waals surface area contributed by atoms with Gasteiger partial charge in [0.1, 0.15) is 5.60 Å². The molecule has 0 radical (unpaired) electrons. The average Bonchev–Trinajstić information content (AvgIpc) is 3.28. The van der Waals surface area contributed by atoms with Crippen LogP contribution in [0.5, 0.6) is 0 Å². The highest BCUT2D eigenvalue weighted by molar-refractivity contribution is 5.81. The molecule has 1 aliphatic carbocycles. The maximum atomic E-state index is 11.9. The minimum Gasteiger partial charge on any atom is -0.444 e. The van der Waals surface area contributed by atoms with Crippen LogP contribution in [0.25, 0.3) is 0 Å². The van der Waals surface area contributed by atoms with E-state index in [0.717, 1.165) is 12.8 Å². The molecule has 25 heavy (non-hydrogen) atoms. The van der Waals surface area contributed by atoms with Gasteiger partial charge < -0.3 is 26.0 Å². The van der Waals surface area contributed by atoms with Crippen molar-refractivity contribution in [3.8, 4) is 0 Å². The first-order valence-corrected chi connectivity index (χ1v) is 8.76. The van der Waals surface area contributed by atoms with Crippen molar-refractivity contribution < 1.29 is 14.3 Å². The van der Waals surface area contributed by atoms with Crippen LogP contribution in [0.15, 0.2) is 4.99 Å². The van der Waals surface area contributed by atoms with Crippen molar-refractivity contribution in [3.05, 3.63) is 0 Å². The van der Waals surface area contributed by atoms with Gasteiger partial charge >= 0.3 is 6.09 Å². The third kappa shape index (κ3) is 9.79. The minimum atomic E-state index is -0.532. The number of rotatable bonds is 7. The van der Waals surface area contributed by atoms with Crippen LogP contribution in [0.1, 0.15) is 47.5 Å². The summed E-state index contributed by atoms with van der Waals surface area (Å²) in [7, 11) is 1.67. The van der Waals surface area contributed by atoms with E-state index in [2.05, 4.69) is 26.3 Å². The van der Waals surface area contributed by atoms with Crippen LogP contribution in [0.4, 0.5) is 4.79 Å². The second-order valence-electron chi connectivity index (χ2n) is 7.93. The van der Waals surface area contributed by atoms with Crippen LogP contribution < -0.4 is 21.3 Å². The summed E-state index contributed by atoms with van der Waals surface area (Å²) < 4.78 is 5.27. The first-order valence-electron chi connectivity index (χ1n) is 8.76. The summed E-state index contributed by atoms with van der Waals surface area (Å²) in [4.78, 5) is 27.5. The summed E-state index contributed by atoms with van der Waals surface area (Å²) in [5, 5.41) is 12.0. The first-order chi connectivity index (χ1) is 11.5. The lowest BCUT2D eigenvalue weighted by molar-refractivity contribution is -0.122. The van der Waals surface area contributed by atoms with Crippen molar-refractivity contribution in [1.82, 2.24) is 21.3 Å². The molecule has 0 saturated heterocycles. The topological polar surface area (TPSA) is 104 Å². The largest absolute Gasteiger partial charge is 0.444 e. The highest BCUT2D eigenvalue weighted by atomic mass is 16.6. The lowest BCUT2D eigenvalue weighted by atomic mass is 10.1. The van der Waals surface area contributed by atoms with Crippen LogP contribution in [0.3, 0.4) is 0 Å². The molecule has 1 aliphatic rings. The Bertz CT molecular complexity index is 493. The zero-order valence-corrected chi connectivity index (χ0v) is 16.3. The number of nitrogens with zero attached hydrogens (tertiary/aromatic N) is 1. The van der Waals surface area contributed by atoms with Gasteiger partial charge in [0.15, 0.2) is 5.96 Å². The molecule has 1 rings (SSSR count). The Labute approximate surface area is 150 Å². The fourth-order valence-electron chi connectivity index (χ4n) is 2.01. The minimum absolute atomic E-state index is 0.132. The zero-order valence-electron chi connectivity index (χ0n) is 16.3. The van der Waals surface area contributed by atoms with E-state index in [9.17, 15) is 9.59 Å². The zero-order chi connectivity index (χ0) is 19.1. The fourth-order valence-corrected chi connectivity index (χ4v) is 2.01. The summed E-state index contributed by atoms with van der Waals surface area (Å²) in [5.41, 5.74) is -1.05. The summed E-state index contributed by atoms with van der Waals surface area (Å²) in [6.45, 7) is 10.9. The Hall–Kier alpha value is -1.99. The third-order valence-electron chi connectivity index (χ3n) is 3.43. The number of ether oxygens (including phenoxy) is 1. The molecule has 0 aromatic rings. The second-order valence-corrected chi connectivity index (χ2v) is 7.93. The Morgan fingerprint density at radius 3 is 2.16 bits per heavy atom. The van der Waals surface area contributed by atoms with E-state index in [4.69, 9.17) is 4.74 Å². The number of guanidine groups is 1. The smallest absolute Gasteiger partial charge is 0.408 e. The molecule has 0 aromatic carbocycles. The highest BCUT2D eigenvalue weighted by Gasteiger charge is 2.29. The standard InChI is InChI=1S/C17H33N5O3/c1-16(2,3)25-15(24)22-17(4,5)11-21-14(18-6)20-10-9-19-13(23)12-7-8-12/h12H,7-11H2,1-6H3,(H,19,23)(H,22,24)(H2,18,20,21). The number of hydrogen-bond donors (Lipinski definition) is 4. The van der Waals surface area contributed by atoms with Crippen LogP contribution >= 0.6 is 0 Å². The van der Waals surface area contributed by atoms with E-state index >= 15 is 0 Å². The van der Waals surface area contributed by atoms with Gasteiger partial charge in [-0.3, -0.25) is 9.79 Å². The van der Waals surface area contributed by atoms with Gasteiger partial charge in [0.2, 0.25) is 5.91 Å². The molecule has 8 heteroatoms. The van der Waals surface area contributed by atoms with Gasteiger partial charge in [-0.25, -0.2) is 4.79 Å². The Morgan fingerprint density at radius 2 is 1.64 bits per heavy atom. The van der Waals surface area contributed by atoms with Crippen LogP contribution in [0, 0.1) is 5.92 Å². The van der Waals surface area contributed by atoms with E-state index in [-0.39, 0.29) is 11.8 Å². The normalized spacial score (nSPS) is 15.4. The molecule has 0 aliphatic heterocycles. The van der Waals surface area contributed by atoms with E-state index in [1.165, 1.54) is 0 Å². The number of nitrogens with one attached hydrogen (secondary N) is 4. The Morgan fingerprint density at radius 1 is 1.04 bits per heavy atom. The summed E-state index contributed by atoms with van der Waals surface area (Å²) in [6.07, 6.45) is 1.55. The molecule has 0 aromatic heterocycles. The van der Waals surface area contributed by atoms with Crippen LogP contribution in [0.2, 0.25) is 0 Å². The molecule has 1 saturated carbocycles. The van der Waals surface area contributed by atoms with Gasteiger partial charge in [-0.15, -0.1) is 0 Å². The molecule has 0 unspecified atom stereocenters. The number of carbonyl (C=O) groups is 2. The number of amides is 2. The van der Waals surface area contributed by atoms with E-state index in [0.29, 0.717) is 25.6 Å². The second kappa shape index (κ2) is 8.92. The SMILES string of the molecule is CN=C(NCCNC(=O)C1CC1)NCC(C)(C)NC(=O)OC(C)(C)C. The van der Waals surface area contributed by atoms with Crippen molar-refractivity contribution in [2.75, 3.05) is 26.7 Å². The molecule has 0 bridgehead atoms. The monoisotopic (exact) mass is 355 g/mol. The number of alkyl carbamates (subject to hydrolysis) is 1. The maximum Gasteiger partial charge on any atom is 0.408 e. The van der Waals surface area contributed by atoms with Gasteiger partial charge in [-0.05, 0) is 47.5 Å². The summed E-state index contributed by atoms with van der Waals surface area (Å²) in [5.74, 6) is 0.962. The molecule has 2 amide bonds. The van der Waals surface area contributed by atoms with Crippen molar-refractivity contribution in [3.63, 3.8) is 0 Å². The molecule has 0 atom stereocenters. The quantitative estimate of drug-likeness (QED) is 0.310. The predicted octanol–water partition coefficient (Wildman–Crippen LogP) is 0.981. The molecular weight excluding hydrogens is 322 g/mol. The van der Waals surface area contributed by atoms with Gasteiger partial charge in [0.25, 0.3) is 0 Å². The van der Waals surface area contributed by atoms with Crippen molar-refractivity contribution >= 4 is 18.0 Å². The number of carbonyl (C=O) groups excluding carboxylic acids is 2. The Balaban J connectivity index is 2.27. The van der Waals surface area contributed by atoms with Crippen molar-refractivity contribution in [1.29, 1.82) is 0 Å². The molecule has 144 valence electrons. The van der Waals surface area contributed by atoms with Gasteiger partial charge in [-0.1, -0.05) is 0 Å². The first kappa shape index (κ1) is 21.1. The third-order valence-corrected chi connectivity index (χ3v) is 3.43. The van der Waals surface area contributed by atoms with Crippen LogP contribution in [-0.4, -0.2) is 55.8 Å².